The minimum atomic E-state index is -4.14. The summed E-state index contributed by atoms with van der Waals surface area (Å²) in [6.07, 6.45) is 1.93. The first-order valence-electron chi connectivity index (χ1n) is 6.09. The Morgan fingerprint density at radius 1 is 1.52 bits per heavy atom. The summed E-state index contributed by atoms with van der Waals surface area (Å²) in [5.74, 6) is -2.80. The average Bonchev–Trinajstić information content (AvgIpc) is 2.40. The van der Waals surface area contributed by atoms with Crippen LogP contribution in [0, 0.1) is 5.82 Å². The fourth-order valence-corrected chi connectivity index (χ4v) is 3.97. The maximum Gasteiger partial charge on any atom is 0.338 e. The molecule has 0 atom stereocenters. The van der Waals surface area contributed by atoms with Crippen molar-refractivity contribution in [2.45, 2.75) is 18.2 Å². The molecule has 0 fully saturated rings. The van der Waals surface area contributed by atoms with Crippen molar-refractivity contribution >= 4 is 31.9 Å². The van der Waals surface area contributed by atoms with Crippen molar-refractivity contribution in [3.63, 3.8) is 0 Å². The van der Waals surface area contributed by atoms with E-state index in [9.17, 15) is 17.6 Å². The van der Waals surface area contributed by atoms with Crippen LogP contribution in [0.4, 0.5) is 4.39 Å². The molecule has 0 bridgehead atoms. The number of carbonyl (C=O) groups is 1. The number of aromatic carboxylic acids is 1. The fraction of sp³-hybridized carbons (Fsp3) is 0.308. The standard InChI is InChI=1S/C13H15BrFNO4S/c1-3-5-16(6-4-2)21(19,20)11-8-9(14)7-10(12(11)15)13(17)18/h3,7-8H,1,4-6H2,2H3,(H,17,18). The highest BCUT2D eigenvalue weighted by Gasteiger charge is 2.29. The minimum Gasteiger partial charge on any atom is -0.478 e. The number of halogens is 2. The van der Waals surface area contributed by atoms with Crippen LogP contribution in [0.1, 0.15) is 23.7 Å². The number of nitrogens with zero attached hydrogens (tertiary/aromatic N) is 1. The number of hydrogen-bond donors (Lipinski definition) is 1. The van der Waals surface area contributed by atoms with E-state index < -0.39 is 32.3 Å². The molecule has 1 aromatic carbocycles. The van der Waals surface area contributed by atoms with Crippen molar-refractivity contribution in [3.05, 3.63) is 40.6 Å². The maximum absolute atomic E-state index is 14.2. The Labute approximate surface area is 131 Å². The van der Waals surface area contributed by atoms with Gasteiger partial charge in [0.1, 0.15) is 4.90 Å². The molecule has 0 unspecified atom stereocenters. The number of carboxylic acid groups (broad SMARTS) is 1. The van der Waals surface area contributed by atoms with E-state index in [2.05, 4.69) is 22.5 Å². The van der Waals surface area contributed by atoms with Gasteiger partial charge < -0.3 is 5.11 Å². The first-order valence-corrected chi connectivity index (χ1v) is 8.32. The van der Waals surface area contributed by atoms with Crippen LogP contribution in [0.15, 0.2) is 34.2 Å². The predicted octanol–water partition coefficient (Wildman–Crippen LogP) is 2.87. The molecule has 1 aromatic rings. The molecule has 21 heavy (non-hydrogen) atoms. The van der Waals surface area contributed by atoms with E-state index in [4.69, 9.17) is 5.11 Å². The molecule has 0 aromatic heterocycles. The molecular weight excluding hydrogens is 365 g/mol. The lowest BCUT2D eigenvalue weighted by Crippen LogP contribution is -2.33. The fourth-order valence-electron chi connectivity index (χ4n) is 1.75. The van der Waals surface area contributed by atoms with E-state index in [1.54, 1.807) is 6.92 Å². The lowest BCUT2D eigenvalue weighted by atomic mass is 10.2. The molecular formula is C13H15BrFNO4S. The summed E-state index contributed by atoms with van der Waals surface area (Å²) in [7, 11) is -4.14. The third-order valence-electron chi connectivity index (χ3n) is 2.66. The molecule has 8 heteroatoms. The van der Waals surface area contributed by atoms with Gasteiger partial charge in [-0.1, -0.05) is 28.9 Å². The Morgan fingerprint density at radius 2 is 2.14 bits per heavy atom. The zero-order valence-corrected chi connectivity index (χ0v) is 13.7. The van der Waals surface area contributed by atoms with Crippen LogP contribution in [-0.2, 0) is 10.0 Å². The lowest BCUT2D eigenvalue weighted by molar-refractivity contribution is 0.0691. The van der Waals surface area contributed by atoms with Crippen LogP contribution in [0.5, 0.6) is 0 Å². The molecule has 1 N–H and O–H groups in total. The zero-order chi connectivity index (χ0) is 16.2. The van der Waals surface area contributed by atoms with Gasteiger partial charge in [-0.2, -0.15) is 4.31 Å². The highest BCUT2D eigenvalue weighted by molar-refractivity contribution is 9.10. The van der Waals surface area contributed by atoms with Crippen molar-refractivity contribution in [2.75, 3.05) is 13.1 Å². The number of benzene rings is 1. The first-order chi connectivity index (χ1) is 9.75. The van der Waals surface area contributed by atoms with Crippen LogP contribution in [0.2, 0.25) is 0 Å². The highest BCUT2D eigenvalue weighted by Crippen LogP contribution is 2.26. The third-order valence-corrected chi connectivity index (χ3v) is 4.98. The van der Waals surface area contributed by atoms with Gasteiger partial charge in [0.2, 0.25) is 10.0 Å². The van der Waals surface area contributed by atoms with Crippen LogP contribution in [-0.4, -0.2) is 36.9 Å². The van der Waals surface area contributed by atoms with E-state index in [-0.39, 0.29) is 17.6 Å². The molecule has 0 radical (unpaired) electrons. The second kappa shape index (κ2) is 7.15. The predicted molar refractivity (Wildman–Crippen MR) is 80.3 cm³/mol. The summed E-state index contributed by atoms with van der Waals surface area (Å²) in [5, 5.41) is 8.94. The lowest BCUT2D eigenvalue weighted by Gasteiger charge is -2.20. The first kappa shape index (κ1) is 17.8. The summed E-state index contributed by atoms with van der Waals surface area (Å²) in [6, 6.07) is 2.08. The summed E-state index contributed by atoms with van der Waals surface area (Å²) < 4.78 is 40.4. The monoisotopic (exact) mass is 379 g/mol. The van der Waals surface area contributed by atoms with Crippen molar-refractivity contribution in [3.8, 4) is 0 Å². The minimum absolute atomic E-state index is 0.0184. The second-order valence-electron chi connectivity index (χ2n) is 4.22. The van der Waals surface area contributed by atoms with Gasteiger partial charge in [-0.05, 0) is 18.6 Å². The molecule has 0 amide bonds. The van der Waals surface area contributed by atoms with Gasteiger partial charge >= 0.3 is 5.97 Å². The second-order valence-corrected chi connectivity index (χ2v) is 7.04. The molecule has 1 rings (SSSR count). The normalized spacial score (nSPS) is 11.6. The topological polar surface area (TPSA) is 74.7 Å². The van der Waals surface area contributed by atoms with Crippen LogP contribution in [0.25, 0.3) is 0 Å². The van der Waals surface area contributed by atoms with Crippen molar-refractivity contribution in [2.24, 2.45) is 0 Å². The number of rotatable bonds is 7. The van der Waals surface area contributed by atoms with E-state index >= 15 is 0 Å². The largest absolute Gasteiger partial charge is 0.478 e. The van der Waals surface area contributed by atoms with Gasteiger partial charge in [-0.3, -0.25) is 0 Å². The molecule has 0 heterocycles. The smallest absolute Gasteiger partial charge is 0.338 e. The Morgan fingerprint density at radius 3 is 2.62 bits per heavy atom. The van der Waals surface area contributed by atoms with Gasteiger partial charge in [0, 0.05) is 17.6 Å². The summed E-state index contributed by atoms with van der Waals surface area (Å²) >= 11 is 3.00. The van der Waals surface area contributed by atoms with E-state index in [1.165, 1.54) is 6.08 Å². The molecule has 0 aliphatic heterocycles. The Kier molecular flexibility index (Phi) is 6.06. The van der Waals surface area contributed by atoms with Crippen LogP contribution in [0.3, 0.4) is 0 Å². The van der Waals surface area contributed by atoms with Gasteiger partial charge in [0.05, 0.1) is 5.56 Å². The van der Waals surface area contributed by atoms with Crippen molar-refractivity contribution < 1.29 is 22.7 Å². The Hall–Kier alpha value is -1.25. The van der Waals surface area contributed by atoms with E-state index in [0.717, 1.165) is 16.4 Å². The zero-order valence-electron chi connectivity index (χ0n) is 11.3. The molecule has 0 saturated heterocycles. The molecule has 0 aliphatic rings. The molecule has 0 aliphatic carbocycles. The van der Waals surface area contributed by atoms with Gasteiger partial charge in [-0.15, -0.1) is 6.58 Å². The summed E-state index contributed by atoms with van der Waals surface area (Å²) in [5.41, 5.74) is -0.696. The Bertz CT molecular complexity index is 660. The third kappa shape index (κ3) is 3.90. The van der Waals surface area contributed by atoms with Gasteiger partial charge in [0.15, 0.2) is 5.82 Å². The number of carboxylic acids is 1. The highest BCUT2D eigenvalue weighted by atomic mass is 79.9. The molecule has 0 spiro atoms. The van der Waals surface area contributed by atoms with Crippen LogP contribution < -0.4 is 0 Å². The molecule has 116 valence electrons. The van der Waals surface area contributed by atoms with Gasteiger partial charge in [-0.25, -0.2) is 17.6 Å². The van der Waals surface area contributed by atoms with Crippen molar-refractivity contribution in [1.82, 2.24) is 4.31 Å². The van der Waals surface area contributed by atoms with E-state index in [1.807, 2.05) is 0 Å². The van der Waals surface area contributed by atoms with E-state index in [0.29, 0.717) is 6.42 Å². The quantitative estimate of drug-likeness (QED) is 0.739. The summed E-state index contributed by atoms with van der Waals surface area (Å²) in [6.45, 7) is 5.46. The van der Waals surface area contributed by atoms with Crippen molar-refractivity contribution in [1.29, 1.82) is 0 Å². The number of sulfonamides is 1. The van der Waals surface area contributed by atoms with Crippen LogP contribution >= 0.6 is 15.9 Å². The molecule has 0 saturated carbocycles. The Balaban J connectivity index is 3.49. The number of hydrogen-bond acceptors (Lipinski definition) is 3. The average molecular weight is 380 g/mol. The maximum atomic E-state index is 14.2. The summed E-state index contributed by atoms with van der Waals surface area (Å²) in [4.78, 5) is 10.3. The SMILES string of the molecule is C=CCN(CCC)S(=O)(=O)c1cc(Br)cc(C(=O)O)c1F. The van der Waals surface area contributed by atoms with Gasteiger partial charge in [0.25, 0.3) is 0 Å². The molecule has 5 nitrogen and oxygen atoms in total.